The molecule has 11 heteroatoms. The average Bonchev–Trinajstić information content (AvgIpc) is 3.11. The van der Waals surface area contributed by atoms with Crippen LogP contribution < -0.4 is 11.0 Å². The molecule has 2 unspecified atom stereocenters. The Hall–Kier alpha value is -1.96. The number of aryl methyl sites for hydroxylation is 1. The van der Waals surface area contributed by atoms with Crippen molar-refractivity contribution >= 4 is 75.4 Å². The van der Waals surface area contributed by atoms with Gasteiger partial charge in [-0.1, -0.05) is 34.8 Å². The van der Waals surface area contributed by atoms with Crippen molar-refractivity contribution in [2.75, 3.05) is 5.32 Å². The van der Waals surface area contributed by atoms with Gasteiger partial charge in [-0.3, -0.25) is 14.2 Å². The average molecular weight is 562 g/mol. The first-order valence-electron chi connectivity index (χ1n) is 10.3. The summed E-state index contributed by atoms with van der Waals surface area (Å²) in [6.45, 7) is 0.395. The van der Waals surface area contributed by atoms with Gasteiger partial charge in [-0.05, 0) is 48.4 Å². The van der Waals surface area contributed by atoms with Crippen molar-refractivity contribution in [2.45, 2.75) is 29.6 Å². The summed E-state index contributed by atoms with van der Waals surface area (Å²) in [5.74, 6) is -1.83. The normalized spacial score (nSPS) is 18.5. The van der Waals surface area contributed by atoms with E-state index >= 15 is 0 Å². The number of benzene rings is 2. The van der Waals surface area contributed by atoms with Crippen molar-refractivity contribution in [1.29, 1.82) is 0 Å². The van der Waals surface area contributed by atoms with Gasteiger partial charge in [-0.2, -0.15) is 0 Å². The van der Waals surface area contributed by atoms with E-state index in [1.165, 1.54) is 22.9 Å². The van der Waals surface area contributed by atoms with Crippen molar-refractivity contribution in [2.24, 2.45) is 5.92 Å². The molecule has 0 aliphatic heterocycles. The van der Waals surface area contributed by atoms with Crippen LogP contribution in [-0.4, -0.2) is 25.6 Å². The highest BCUT2D eigenvalue weighted by molar-refractivity contribution is 6.53. The van der Waals surface area contributed by atoms with Crippen LogP contribution >= 0.6 is 58.0 Å². The first-order chi connectivity index (χ1) is 16.1. The van der Waals surface area contributed by atoms with Gasteiger partial charge in [0.15, 0.2) is 5.78 Å². The Balaban J connectivity index is 1.43. The Morgan fingerprint density at radius 3 is 2.41 bits per heavy atom. The van der Waals surface area contributed by atoms with E-state index in [4.69, 9.17) is 58.0 Å². The van der Waals surface area contributed by atoms with Crippen LogP contribution in [0.4, 0.5) is 5.69 Å². The molecule has 0 radical (unpaired) electrons. The number of hydrogen-bond donors (Lipinski definition) is 2. The van der Waals surface area contributed by atoms with Crippen molar-refractivity contribution in [3.63, 3.8) is 0 Å². The third-order valence-electron chi connectivity index (χ3n) is 5.64. The van der Waals surface area contributed by atoms with Crippen LogP contribution in [-0.2, 0) is 11.3 Å². The molecule has 4 rings (SSSR count). The number of halogens is 5. The number of ketones is 1. The number of nitrogens with zero attached hydrogens (tertiary/aromatic N) is 1. The van der Waals surface area contributed by atoms with Gasteiger partial charge in [0.2, 0.25) is 5.91 Å². The Morgan fingerprint density at radius 2 is 1.76 bits per heavy atom. The molecule has 1 aliphatic rings. The molecule has 0 bridgehead atoms. The van der Waals surface area contributed by atoms with Gasteiger partial charge in [0.05, 0.1) is 10.9 Å². The number of imidazole rings is 1. The molecule has 1 aromatic heterocycles. The standard InChI is InChI=1S/C23H18Cl5N3O3/c24-13-8-12(9-14(25)10-13)19-20(23(19,27)28)21(33)30-15-3-4-17(26)16(11-15)18(32)2-1-6-31-7-5-29-22(31)34/h3-5,7-11,19-20H,1-2,6H2,(H,29,34)(H,30,33). The molecule has 1 heterocycles. The van der Waals surface area contributed by atoms with Gasteiger partial charge < -0.3 is 10.3 Å². The number of hydrogen-bond acceptors (Lipinski definition) is 3. The van der Waals surface area contributed by atoms with Crippen molar-refractivity contribution in [1.82, 2.24) is 9.55 Å². The maximum atomic E-state index is 12.9. The van der Waals surface area contributed by atoms with Crippen LogP contribution in [0.5, 0.6) is 0 Å². The second-order valence-corrected chi connectivity index (χ2v) is 10.7. The van der Waals surface area contributed by atoms with Crippen LogP contribution in [0.3, 0.4) is 0 Å². The molecule has 3 aromatic rings. The first kappa shape index (κ1) is 25.1. The van der Waals surface area contributed by atoms with Gasteiger partial charge in [0, 0.05) is 52.6 Å². The van der Waals surface area contributed by atoms with E-state index in [9.17, 15) is 14.4 Å². The van der Waals surface area contributed by atoms with Gasteiger partial charge in [-0.25, -0.2) is 4.79 Å². The second kappa shape index (κ2) is 9.96. The predicted molar refractivity (Wildman–Crippen MR) is 136 cm³/mol. The van der Waals surface area contributed by atoms with E-state index in [1.807, 2.05) is 0 Å². The summed E-state index contributed by atoms with van der Waals surface area (Å²) >= 11 is 31.2. The lowest BCUT2D eigenvalue weighted by molar-refractivity contribution is -0.117. The molecule has 2 aromatic carbocycles. The van der Waals surface area contributed by atoms with Crippen LogP contribution in [0.25, 0.3) is 0 Å². The van der Waals surface area contributed by atoms with Gasteiger partial charge in [-0.15, -0.1) is 23.2 Å². The molecule has 2 atom stereocenters. The number of aromatic amines is 1. The summed E-state index contributed by atoms with van der Waals surface area (Å²) in [6, 6.07) is 9.57. The fourth-order valence-corrected chi connectivity index (χ4v) is 5.52. The number of nitrogens with one attached hydrogen (secondary N) is 2. The van der Waals surface area contributed by atoms with E-state index in [0.29, 0.717) is 34.3 Å². The number of H-pyrrole nitrogens is 1. The van der Waals surface area contributed by atoms with Crippen LogP contribution in [0.2, 0.25) is 15.1 Å². The Morgan fingerprint density at radius 1 is 1.06 bits per heavy atom. The zero-order chi connectivity index (χ0) is 24.6. The zero-order valence-electron chi connectivity index (χ0n) is 17.5. The third-order valence-corrected chi connectivity index (χ3v) is 7.35. The lowest BCUT2D eigenvalue weighted by Crippen LogP contribution is -2.18. The summed E-state index contributed by atoms with van der Waals surface area (Å²) in [4.78, 5) is 39.7. The number of alkyl halides is 2. The second-order valence-electron chi connectivity index (χ2n) is 8.00. The van der Waals surface area contributed by atoms with Gasteiger partial charge in [0.1, 0.15) is 4.33 Å². The number of Topliss-reactive ketones (excluding diaryl/α,β-unsaturated/α-hetero) is 1. The zero-order valence-corrected chi connectivity index (χ0v) is 21.2. The van der Waals surface area contributed by atoms with Gasteiger partial charge >= 0.3 is 5.69 Å². The Kier molecular flexibility index (Phi) is 7.36. The number of aromatic nitrogens is 2. The van der Waals surface area contributed by atoms with Crippen molar-refractivity contribution in [3.05, 3.63) is 85.5 Å². The largest absolute Gasteiger partial charge is 0.326 e. The monoisotopic (exact) mass is 559 g/mol. The maximum absolute atomic E-state index is 12.9. The smallest absolute Gasteiger partial charge is 0.325 e. The molecular formula is C23H18Cl5N3O3. The van der Waals surface area contributed by atoms with E-state index in [1.54, 1.807) is 30.5 Å². The molecule has 178 valence electrons. The molecular weight excluding hydrogens is 544 g/mol. The van der Waals surface area contributed by atoms with E-state index < -0.39 is 22.1 Å². The molecule has 34 heavy (non-hydrogen) atoms. The summed E-state index contributed by atoms with van der Waals surface area (Å²) in [6.07, 6.45) is 3.79. The number of amides is 1. The molecule has 0 saturated heterocycles. The lowest BCUT2D eigenvalue weighted by Gasteiger charge is -2.09. The highest BCUT2D eigenvalue weighted by Crippen LogP contribution is 2.65. The quantitative estimate of drug-likeness (QED) is 0.249. The highest BCUT2D eigenvalue weighted by atomic mass is 35.5. The summed E-state index contributed by atoms with van der Waals surface area (Å²) in [5, 5.41) is 3.86. The molecule has 1 aliphatic carbocycles. The number of carbonyl (C=O) groups is 2. The maximum Gasteiger partial charge on any atom is 0.325 e. The van der Waals surface area contributed by atoms with Gasteiger partial charge in [0.25, 0.3) is 0 Å². The summed E-state index contributed by atoms with van der Waals surface area (Å²) in [5.41, 5.74) is 1.09. The summed E-state index contributed by atoms with van der Waals surface area (Å²) in [7, 11) is 0. The molecule has 0 spiro atoms. The Bertz CT molecular complexity index is 1300. The predicted octanol–water partition coefficient (Wildman–Crippen LogP) is 6.33. The minimum atomic E-state index is -1.32. The minimum Gasteiger partial charge on any atom is -0.326 e. The molecule has 1 amide bonds. The molecule has 6 nitrogen and oxygen atoms in total. The summed E-state index contributed by atoms with van der Waals surface area (Å²) < 4.78 is 0.161. The topological polar surface area (TPSA) is 84.0 Å². The van der Waals surface area contributed by atoms with Crippen molar-refractivity contribution in [3.8, 4) is 0 Å². The Labute approximate surface area is 220 Å². The van der Waals surface area contributed by atoms with Crippen LogP contribution in [0, 0.1) is 5.92 Å². The fourth-order valence-electron chi connectivity index (χ4n) is 3.93. The van der Waals surface area contributed by atoms with Crippen LogP contribution in [0.15, 0.2) is 53.6 Å². The van der Waals surface area contributed by atoms with E-state index in [0.717, 1.165) is 0 Å². The lowest BCUT2D eigenvalue weighted by atomic mass is 10.1. The van der Waals surface area contributed by atoms with Crippen molar-refractivity contribution < 1.29 is 9.59 Å². The van der Waals surface area contributed by atoms with Crippen LogP contribution in [0.1, 0.15) is 34.7 Å². The first-order valence-corrected chi connectivity index (χ1v) is 12.2. The SMILES string of the molecule is O=C(CCCn1cc[nH]c1=O)c1cc(NC(=O)C2C(c3cc(Cl)cc(Cl)c3)C2(Cl)Cl)ccc1Cl. The highest BCUT2D eigenvalue weighted by Gasteiger charge is 2.67. The molecule has 1 saturated carbocycles. The minimum absolute atomic E-state index is 0.182. The molecule has 1 fully saturated rings. The number of rotatable bonds is 8. The fraction of sp³-hybridized carbons (Fsp3) is 0.261. The third kappa shape index (κ3) is 5.31. The van der Waals surface area contributed by atoms with E-state index in [-0.39, 0.29) is 28.5 Å². The number of carbonyl (C=O) groups excluding carboxylic acids is 2. The van der Waals surface area contributed by atoms with E-state index in [2.05, 4.69) is 10.3 Å². The molecule has 2 N–H and O–H groups in total. The number of anilines is 1.